The summed E-state index contributed by atoms with van der Waals surface area (Å²) in [5.74, 6) is 0.674. The first kappa shape index (κ1) is 12.7. The number of hydrogen-bond acceptors (Lipinski definition) is 3. The van der Waals surface area contributed by atoms with Crippen molar-refractivity contribution >= 4 is 5.97 Å². The number of hydrogen-bond donors (Lipinski definition) is 1. The molecule has 104 valence electrons. The van der Waals surface area contributed by atoms with Crippen LogP contribution >= 0.6 is 0 Å². The highest BCUT2D eigenvalue weighted by Gasteiger charge is 2.29. The standard InChI is InChI=1S/C14H21N3O2/c1-2-16-6-5-10(7-16)12-9-17-8-11(14(18)19)3-4-13(17)15-12/h9-11H,2-8H2,1H3,(H,18,19). The molecule has 2 aliphatic heterocycles. The zero-order chi connectivity index (χ0) is 13.4. The fourth-order valence-electron chi connectivity index (χ4n) is 3.23. The van der Waals surface area contributed by atoms with Gasteiger partial charge in [-0.15, -0.1) is 0 Å². The molecule has 3 rings (SSSR count). The monoisotopic (exact) mass is 263 g/mol. The molecule has 0 aromatic carbocycles. The Balaban J connectivity index is 1.75. The van der Waals surface area contributed by atoms with Gasteiger partial charge < -0.3 is 14.6 Å². The highest BCUT2D eigenvalue weighted by Crippen LogP contribution is 2.28. The molecule has 1 saturated heterocycles. The number of carboxylic acids is 1. The van der Waals surface area contributed by atoms with Gasteiger partial charge in [-0.1, -0.05) is 6.92 Å². The summed E-state index contributed by atoms with van der Waals surface area (Å²) < 4.78 is 2.06. The van der Waals surface area contributed by atoms with Gasteiger partial charge in [-0.2, -0.15) is 0 Å². The third-order valence-corrected chi connectivity index (χ3v) is 4.50. The first-order valence-corrected chi connectivity index (χ1v) is 7.18. The van der Waals surface area contributed by atoms with E-state index in [9.17, 15) is 4.79 Å². The summed E-state index contributed by atoms with van der Waals surface area (Å²) in [5.41, 5.74) is 1.16. The van der Waals surface area contributed by atoms with Crippen LogP contribution in [0.15, 0.2) is 6.20 Å². The van der Waals surface area contributed by atoms with Crippen molar-refractivity contribution in [2.24, 2.45) is 5.92 Å². The summed E-state index contributed by atoms with van der Waals surface area (Å²) >= 11 is 0. The molecule has 2 unspecified atom stereocenters. The minimum Gasteiger partial charge on any atom is -0.481 e. The number of imidazole rings is 1. The van der Waals surface area contributed by atoms with Crippen molar-refractivity contribution < 1.29 is 9.90 Å². The Kier molecular flexibility index (Phi) is 3.31. The van der Waals surface area contributed by atoms with E-state index in [1.165, 1.54) is 6.42 Å². The maximum atomic E-state index is 11.1. The van der Waals surface area contributed by atoms with Gasteiger partial charge in [-0.25, -0.2) is 4.98 Å². The number of carbonyl (C=O) groups is 1. The quantitative estimate of drug-likeness (QED) is 0.894. The van der Waals surface area contributed by atoms with Crippen molar-refractivity contribution in [2.45, 2.75) is 38.6 Å². The maximum absolute atomic E-state index is 11.1. The minimum absolute atomic E-state index is 0.245. The second kappa shape index (κ2) is 4.96. The zero-order valence-electron chi connectivity index (χ0n) is 11.4. The molecule has 2 aliphatic rings. The molecule has 0 bridgehead atoms. The Morgan fingerprint density at radius 3 is 3.00 bits per heavy atom. The fourth-order valence-corrected chi connectivity index (χ4v) is 3.23. The number of nitrogens with zero attached hydrogens (tertiary/aromatic N) is 3. The summed E-state index contributed by atoms with van der Waals surface area (Å²) in [6, 6.07) is 0. The average Bonchev–Trinajstić information content (AvgIpc) is 3.03. The van der Waals surface area contributed by atoms with Crippen LogP contribution < -0.4 is 0 Å². The van der Waals surface area contributed by atoms with Gasteiger partial charge in [0.2, 0.25) is 0 Å². The lowest BCUT2D eigenvalue weighted by Crippen LogP contribution is -2.26. The Bertz CT molecular complexity index is 483. The fraction of sp³-hybridized carbons (Fsp3) is 0.714. The van der Waals surface area contributed by atoms with E-state index in [2.05, 4.69) is 22.6 Å². The first-order valence-electron chi connectivity index (χ1n) is 7.18. The average molecular weight is 263 g/mol. The number of aromatic nitrogens is 2. The smallest absolute Gasteiger partial charge is 0.308 e. The van der Waals surface area contributed by atoms with Crippen molar-refractivity contribution in [2.75, 3.05) is 19.6 Å². The summed E-state index contributed by atoms with van der Waals surface area (Å²) in [7, 11) is 0. The van der Waals surface area contributed by atoms with Crippen molar-refractivity contribution in [3.63, 3.8) is 0 Å². The normalized spacial score (nSPS) is 27.4. The number of aryl methyl sites for hydroxylation is 1. The van der Waals surface area contributed by atoms with Crippen LogP contribution in [-0.2, 0) is 17.8 Å². The molecule has 0 amide bonds. The largest absolute Gasteiger partial charge is 0.481 e. The lowest BCUT2D eigenvalue weighted by molar-refractivity contribution is -0.142. The van der Waals surface area contributed by atoms with E-state index < -0.39 is 5.97 Å². The van der Waals surface area contributed by atoms with E-state index in [-0.39, 0.29) is 5.92 Å². The molecule has 5 heteroatoms. The first-order chi connectivity index (χ1) is 9.17. The topological polar surface area (TPSA) is 58.4 Å². The number of likely N-dealkylation sites (tertiary alicyclic amines) is 1. The van der Waals surface area contributed by atoms with Gasteiger partial charge in [-0.3, -0.25) is 4.79 Å². The van der Waals surface area contributed by atoms with Crippen LogP contribution in [0.3, 0.4) is 0 Å². The zero-order valence-corrected chi connectivity index (χ0v) is 11.4. The van der Waals surface area contributed by atoms with Crippen molar-refractivity contribution in [1.82, 2.24) is 14.5 Å². The molecule has 1 aromatic heterocycles. The van der Waals surface area contributed by atoms with Crippen LogP contribution in [0.4, 0.5) is 0 Å². The van der Waals surface area contributed by atoms with Crippen molar-refractivity contribution in [1.29, 1.82) is 0 Å². The second-order valence-corrected chi connectivity index (χ2v) is 5.69. The number of carboxylic acid groups (broad SMARTS) is 1. The SMILES string of the molecule is CCN1CCC(c2cn3c(n2)CCC(C(=O)O)C3)C1. The summed E-state index contributed by atoms with van der Waals surface area (Å²) in [4.78, 5) is 18.3. The molecule has 1 aromatic rings. The van der Waals surface area contributed by atoms with Crippen molar-refractivity contribution in [3.05, 3.63) is 17.7 Å². The third kappa shape index (κ3) is 2.39. The van der Waals surface area contributed by atoms with E-state index in [0.717, 1.165) is 44.0 Å². The highest BCUT2D eigenvalue weighted by atomic mass is 16.4. The van der Waals surface area contributed by atoms with Gasteiger partial charge in [0.05, 0.1) is 11.6 Å². The van der Waals surface area contributed by atoms with E-state index in [1.807, 2.05) is 0 Å². The van der Waals surface area contributed by atoms with Crippen LogP contribution in [-0.4, -0.2) is 45.2 Å². The van der Waals surface area contributed by atoms with Crippen LogP contribution in [0.5, 0.6) is 0 Å². The highest BCUT2D eigenvalue weighted by molar-refractivity contribution is 5.70. The Hall–Kier alpha value is -1.36. The van der Waals surface area contributed by atoms with E-state index in [4.69, 9.17) is 10.1 Å². The molecule has 0 radical (unpaired) electrons. The molecule has 0 aliphatic carbocycles. The number of aliphatic carboxylic acids is 1. The van der Waals surface area contributed by atoms with Crippen molar-refractivity contribution in [3.8, 4) is 0 Å². The van der Waals surface area contributed by atoms with Gasteiger partial charge >= 0.3 is 5.97 Å². The summed E-state index contributed by atoms with van der Waals surface area (Å²) in [5, 5.41) is 9.11. The van der Waals surface area contributed by atoms with Gasteiger partial charge in [0.1, 0.15) is 5.82 Å². The Morgan fingerprint density at radius 1 is 1.47 bits per heavy atom. The lowest BCUT2D eigenvalue weighted by Gasteiger charge is -2.19. The minimum atomic E-state index is -0.682. The van der Waals surface area contributed by atoms with Gasteiger partial charge in [0.15, 0.2) is 0 Å². The van der Waals surface area contributed by atoms with Gasteiger partial charge in [0, 0.05) is 31.6 Å². The maximum Gasteiger partial charge on any atom is 0.308 e. The van der Waals surface area contributed by atoms with Crippen LogP contribution in [0.2, 0.25) is 0 Å². The van der Waals surface area contributed by atoms with E-state index >= 15 is 0 Å². The molecule has 1 fully saturated rings. The van der Waals surface area contributed by atoms with Gasteiger partial charge in [-0.05, 0) is 25.9 Å². The van der Waals surface area contributed by atoms with Crippen LogP contribution in [0.1, 0.15) is 37.2 Å². The predicted octanol–water partition coefficient (Wildman–Crippen LogP) is 1.34. The molecular formula is C14H21N3O2. The van der Waals surface area contributed by atoms with Crippen LogP contribution in [0.25, 0.3) is 0 Å². The second-order valence-electron chi connectivity index (χ2n) is 5.69. The number of rotatable bonds is 3. The third-order valence-electron chi connectivity index (χ3n) is 4.50. The summed E-state index contributed by atoms with van der Waals surface area (Å²) in [6.45, 7) is 6.13. The molecular weight excluding hydrogens is 242 g/mol. The lowest BCUT2D eigenvalue weighted by atomic mass is 10.00. The molecule has 1 N–H and O–H groups in total. The molecule has 0 saturated carbocycles. The number of fused-ring (bicyclic) bond motifs is 1. The Labute approximate surface area is 113 Å². The van der Waals surface area contributed by atoms with Gasteiger partial charge in [0.25, 0.3) is 0 Å². The molecule has 0 spiro atoms. The molecule has 19 heavy (non-hydrogen) atoms. The molecule has 2 atom stereocenters. The van der Waals surface area contributed by atoms with E-state index in [0.29, 0.717) is 12.5 Å². The predicted molar refractivity (Wildman–Crippen MR) is 71.1 cm³/mol. The number of likely N-dealkylation sites (N-methyl/N-ethyl adjacent to an activating group) is 1. The summed E-state index contributed by atoms with van der Waals surface area (Å²) in [6.07, 6.45) is 4.78. The Morgan fingerprint density at radius 2 is 2.32 bits per heavy atom. The van der Waals surface area contributed by atoms with E-state index in [1.54, 1.807) is 0 Å². The van der Waals surface area contributed by atoms with Crippen LogP contribution in [0, 0.1) is 5.92 Å². The molecule has 5 nitrogen and oxygen atoms in total. The molecule has 3 heterocycles.